The van der Waals surface area contributed by atoms with E-state index < -0.39 is 5.91 Å². The number of nitrogens with two attached hydrogens (primary N) is 2. The monoisotopic (exact) mass is 468 g/mol. The molecule has 2 saturated heterocycles. The zero-order valence-electron chi connectivity index (χ0n) is 17.4. The van der Waals surface area contributed by atoms with Crippen LogP contribution in [0.4, 0.5) is 11.6 Å². The molecule has 13 heteroatoms. The van der Waals surface area contributed by atoms with Crippen LogP contribution in [0.5, 0.6) is 0 Å². The number of carbonyl (C=O) groups is 2. The fourth-order valence-corrected chi connectivity index (χ4v) is 4.26. The lowest BCUT2D eigenvalue weighted by molar-refractivity contribution is 0.0665. The molecule has 170 valence electrons. The number of amides is 2. The molecule has 0 radical (unpaired) electrons. The van der Waals surface area contributed by atoms with E-state index in [0.717, 1.165) is 10.9 Å². The largest absolute Gasteiger partial charge is 0.382 e. The van der Waals surface area contributed by atoms with Gasteiger partial charge in [0.05, 0.1) is 11.1 Å². The molecule has 0 unspecified atom stereocenters. The fraction of sp³-hybridized carbons (Fsp3) is 0.300. The number of nitrogens with zero attached hydrogens (tertiary/aromatic N) is 5. The fourth-order valence-electron chi connectivity index (χ4n) is 4.13. The molecule has 2 fully saturated rings. The van der Waals surface area contributed by atoms with Crippen LogP contribution in [-0.4, -0.2) is 68.0 Å². The number of benzene rings is 1. The Morgan fingerprint density at radius 3 is 2.64 bits per heavy atom. The number of likely N-dealkylation sites (tertiary alicyclic amines) is 1. The Kier molecular flexibility index (Phi) is 5.01. The van der Waals surface area contributed by atoms with E-state index in [1.807, 2.05) is 24.3 Å². The molecule has 7 N–H and O–H groups in total. The van der Waals surface area contributed by atoms with Crippen LogP contribution in [0.25, 0.3) is 10.9 Å². The van der Waals surface area contributed by atoms with E-state index >= 15 is 0 Å². The van der Waals surface area contributed by atoms with Gasteiger partial charge in [-0.1, -0.05) is 29.8 Å². The average molecular weight is 469 g/mol. The van der Waals surface area contributed by atoms with Crippen LogP contribution < -0.4 is 22.1 Å². The number of aliphatic imine (C=N–C) groups is 1. The van der Waals surface area contributed by atoms with Gasteiger partial charge in [0.1, 0.15) is 0 Å². The molecule has 0 saturated carbocycles. The van der Waals surface area contributed by atoms with E-state index in [1.54, 1.807) is 4.90 Å². The Morgan fingerprint density at radius 2 is 1.85 bits per heavy atom. The van der Waals surface area contributed by atoms with E-state index in [9.17, 15) is 9.59 Å². The highest BCUT2D eigenvalue weighted by Gasteiger charge is 2.41. The van der Waals surface area contributed by atoms with Gasteiger partial charge in [0, 0.05) is 25.0 Å². The Hall–Kier alpha value is -3.93. The second kappa shape index (κ2) is 7.89. The van der Waals surface area contributed by atoms with Crippen molar-refractivity contribution in [1.82, 2.24) is 35.7 Å². The molecule has 4 heterocycles. The van der Waals surface area contributed by atoms with Crippen molar-refractivity contribution in [1.29, 1.82) is 0 Å². The summed E-state index contributed by atoms with van der Waals surface area (Å²) in [5.74, 6) is -0.680. The number of hydrogen-bond acceptors (Lipinski definition) is 7. The van der Waals surface area contributed by atoms with Crippen LogP contribution in [0.2, 0.25) is 5.15 Å². The molecule has 0 atom stereocenters. The van der Waals surface area contributed by atoms with Gasteiger partial charge in [0.25, 0.3) is 5.91 Å². The highest BCUT2D eigenvalue weighted by Crippen LogP contribution is 2.27. The lowest BCUT2D eigenvalue weighted by Gasteiger charge is -2.38. The third kappa shape index (κ3) is 3.78. The number of hydrogen-bond donors (Lipinski definition) is 5. The minimum absolute atomic E-state index is 0.0569. The van der Waals surface area contributed by atoms with Crippen LogP contribution in [0.1, 0.15) is 33.8 Å². The number of H-pyrrole nitrogens is 1. The van der Waals surface area contributed by atoms with E-state index in [4.69, 9.17) is 23.1 Å². The molecule has 3 aromatic rings. The number of anilines is 2. The van der Waals surface area contributed by atoms with Crippen molar-refractivity contribution in [3.63, 3.8) is 0 Å². The molecule has 2 aliphatic heterocycles. The molecule has 1 aromatic carbocycles. The van der Waals surface area contributed by atoms with Gasteiger partial charge < -0.3 is 27.0 Å². The van der Waals surface area contributed by atoms with Crippen LogP contribution in [0.3, 0.4) is 0 Å². The third-order valence-electron chi connectivity index (χ3n) is 5.98. The summed E-state index contributed by atoms with van der Waals surface area (Å²) in [5.41, 5.74) is 12.0. The van der Waals surface area contributed by atoms with Crippen LogP contribution in [0.15, 0.2) is 29.3 Å². The average Bonchev–Trinajstić information content (AvgIpc) is 3.40. The first-order valence-corrected chi connectivity index (χ1v) is 10.7. The van der Waals surface area contributed by atoms with Gasteiger partial charge in [-0.2, -0.15) is 10.1 Å². The highest BCUT2D eigenvalue weighted by molar-refractivity contribution is 6.31. The number of aromatic nitrogens is 4. The summed E-state index contributed by atoms with van der Waals surface area (Å²) < 4.78 is 0. The summed E-state index contributed by atoms with van der Waals surface area (Å²) in [4.78, 5) is 39.1. The zero-order valence-corrected chi connectivity index (χ0v) is 18.2. The van der Waals surface area contributed by atoms with Crippen LogP contribution in [-0.2, 0) is 0 Å². The molecule has 12 nitrogen and oxygen atoms in total. The Morgan fingerprint density at radius 1 is 1.09 bits per heavy atom. The summed E-state index contributed by atoms with van der Waals surface area (Å²) >= 11 is 5.85. The maximum absolute atomic E-state index is 13.0. The quantitative estimate of drug-likeness (QED) is 0.358. The van der Waals surface area contributed by atoms with Gasteiger partial charge in [-0.25, -0.2) is 9.97 Å². The molecule has 2 aromatic heterocycles. The predicted octanol–water partition coefficient (Wildman–Crippen LogP) is 0.535. The van der Waals surface area contributed by atoms with Gasteiger partial charge in [-0.05, 0) is 18.9 Å². The molecular formula is C20H21ClN10O2. The second-order valence-corrected chi connectivity index (χ2v) is 8.43. The van der Waals surface area contributed by atoms with Crippen molar-refractivity contribution in [3.8, 4) is 0 Å². The predicted molar refractivity (Wildman–Crippen MR) is 123 cm³/mol. The summed E-state index contributed by atoms with van der Waals surface area (Å²) in [6.45, 7) is 1.65. The lowest BCUT2D eigenvalue weighted by Crippen LogP contribution is -2.53. The molecule has 2 aliphatic rings. The molecule has 33 heavy (non-hydrogen) atoms. The third-order valence-corrected chi connectivity index (χ3v) is 6.26. The Bertz CT molecular complexity index is 1300. The molecule has 1 spiro atoms. The topological polar surface area (TPSA) is 180 Å². The van der Waals surface area contributed by atoms with Crippen LogP contribution in [0, 0.1) is 0 Å². The first kappa shape index (κ1) is 20.9. The summed E-state index contributed by atoms with van der Waals surface area (Å²) in [7, 11) is 0. The number of nitrogens with one attached hydrogen (secondary N) is 3. The number of aromatic amines is 1. The van der Waals surface area contributed by atoms with Crippen LogP contribution >= 0.6 is 11.6 Å². The number of rotatable bonds is 2. The zero-order chi connectivity index (χ0) is 23.2. The van der Waals surface area contributed by atoms with E-state index in [2.05, 4.69) is 35.8 Å². The van der Waals surface area contributed by atoms with Crippen molar-refractivity contribution in [3.05, 3.63) is 40.8 Å². The van der Waals surface area contributed by atoms with Gasteiger partial charge in [-0.3, -0.25) is 14.7 Å². The number of guanidine groups is 1. The summed E-state index contributed by atoms with van der Waals surface area (Å²) in [6, 6.07) is 7.54. The number of carbonyl (C=O) groups excluding carboxylic acids is 2. The molecular weight excluding hydrogens is 448 g/mol. The number of para-hydroxylation sites is 1. The SMILES string of the molecule is Nc1nc(N)c(C(=O)/N=C2\NCC3(CCN(C(=O)c4n[nH]c5ccccc45)CC3)N2)nc1Cl. The van der Waals surface area contributed by atoms with E-state index in [-0.39, 0.29) is 33.9 Å². The maximum atomic E-state index is 13.0. The van der Waals surface area contributed by atoms with Crippen molar-refractivity contribution >= 4 is 51.9 Å². The second-order valence-electron chi connectivity index (χ2n) is 8.07. The minimum Gasteiger partial charge on any atom is -0.382 e. The molecule has 2 amide bonds. The maximum Gasteiger partial charge on any atom is 0.302 e. The van der Waals surface area contributed by atoms with Gasteiger partial charge in [-0.15, -0.1) is 0 Å². The minimum atomic E-state index is -0.688. The number of halogens is 1. The van der Waals surface area contributed by atoms with Gasteiger partial charge in [0.15, 0.2) is 34.1 Å². The smallest absolute Gasteiger partial charge is 0.302 e. The first-order chi connectivity index (χ1) is 15.8. The normalized spacial score (nSPS) is 18.5. The molecule has 0 aliphatic carbocycles. The summed E-state index contributed by atoms with van der Waals surface area (Å²) in [6.07, 6.45) is 1.36. The number of piperidine rings is 1. The Labute approximate surface area is 192 Å². The molecule has 5 rings (SSSR count). The number of nitrogen functional groups attached to an aromatic ring is 2. The van der Waals surface area contributed by atoms with E-state index in [0.29, 0.717) is 44.1 Å². The summed E-state index contributed by atoms with van der Waals surface area (Å²) in [5, 5.41) is 14.2. The Balaban J connectivity index is 1.25. The first-order valence-electron chi connectivity index (χ1n) is 10.3. The highest BCUT2D eigenvalue weighted by atomic mass is 35.5. The van der Waals surface area contributed by atoms with Crippen molar-refractivity contribution in [2.24, 2.45) is 4.99 Å². The van der Waals surface area contributed by atoms with Crippen molar-refractivity contribution in [2.75, 3.05) is 31.1 Å². The van der Waals surface area contributed by atoms with Crippen molar-refractivity contribution in [2.45, 2.75) is 18.4 Å². The number of fused-ring (bicyclic) bond motifs is 1. The lowest BCUT2D eigenvalue weighted by atomic mass is 9.88. The van der Waals surface area contributed by atoms with E-state index in [1.165, 1.54) is 0 Å². The van der Waals surface area contributed by atoms with Gasteiger partial charge in [0.2, 0.25) is 0 Å². The van der Waals surface area contributed by atoms with Crippen molar-refractivity contribution < 1.29 is 9.59 Å². The standard InChI is InChI=1S/C20H21ClN10O2/c21-14-16(23)26-15(22)13(25-14)17(32)27-19-24-9-20(28-19)5-7-31(8-6-20)18(33)12-10-3-1-2-4-11(10)29-30-12/h1-4H,5-9H2,(H,29,30)(H4,22,23,26)(H2,24,27,28,32). The van der Waals surface area contributed by atoms with Gasteiger partial charge >= 0.3 is 5.91 Å². The molecule has 0 bridgehead atoms.